The lowest BCUT2D eigenvalue weighted by molar-refractivity contribution is 0.669. The van der Waals surface area contributed by atoms with Gasteiger partial charge < -0.3 is 8.98 Å². The van der Waals surface area contributed by atoms with Gasteiger partial charge in [-0.1, -0.05) is 140 Å². The molecule has 0 radical (unpaired) electrons. The largest absolute Gasteiger partial charge is 0.456 e. The van der Waals surface area contributed by atoms with Gasteiger partial charge in [-0.15, -0.1) is 0 Å². The molecule has 3 aromatic heterocycles. The van der Waals surface area contributed by atoms with Gasteiger partial charge in [-0.25, -0.2) is 15.0 Å². The van der Waals surface area contributed by atoms with Crippen molar-refractivity contribution in [1.82, 2.24) is 19.5 Å². The molecule has 0 aliphatic heterocycles. The monoisotopic (exact) mass is 690 g/mol. The Morgan fingerprint density at radius 1 is 0.352 bits per heavy atom. The lowest BCUT2D eigenvalue weighted by Gasteiger charge is -2.15. The maximum Gasteiger partial charge on any atom is 0.164 e. The fourth-order valence-corrected chi connectivity index (χ4v) is 8.02. The molecule has 0 spiro atoms. The molecule has 0 fully saturated rings. The number of rotatable bonds is 5. The van der Waals surface area contributed by atoms with E-state index in [-0.39, 0.29) is 0 Å². The highest BCUT2D eigenvalue weighted by atomic mass is 16.3. The molecule has 11 rings (SSSR count). The average Bonchev–Trinajstić information content (AvgIpc) is 3.79. The van der Waals surface area contributed by atoms with Gasteiger partial charge >= 0.3 is 0 Å². The van der Waals surface area contributed by atoms with E-state index in [0.29, 0.717) is 17.5 Å². The lowest BCUT2D eigenvalue weighted by atomic mass is 9.98. The lowest BCUT2D eigenvalue weighted by Crippen LogP contribution is -2.01. The summed E-state index contributed by atoms with van der Waals surface area (Å²) in [5, 5.41) is 6.84. The fourth-order valence-electron chi connectivity index (χ4n) is 8.02. The standard InChI is InChI=1S/C49H30N4O/c1-3-14-31(15-4-1)47-50-48(32-16-5-2-6-17-32)52-49(51-47)38-27-29-42(36-19-8-7-18-35(36)38)53-41-23-11-9-20-37(41)40-30-33(26-28-43(40)53)34-22-13-25-45-46(34)39-21-10-12-24-44(39)54-45/h1-30H. The first-order chi connectivity index (χ1) is 26.8. The molecule has 54 heavy (non-hydrogen) atoms. The van der Waals surface area contributed by atoms with E-state index in [1.807, 2.05) is 72.8 Å². The maximum atomic E-state index is 6.26. The van der Waals surface area contributed by atoms with Crippen molar-refractivity contribution >= 4 is 54.5 Å². The van der Waals surface area contributed by atoms with Gasteiger partial charge in [-0.05, 0) is 59.0 Å². The molecule has 11 aromatic rings. The number of hydrogen-bond acceptors (Lipinski definition) is 4. The van der Waals surface area contributed by atoms with Crippen molar-refractivity contribution in [2.75, 3.05) is 0 Å². The third kappa shape index (κ3) is 4.76. The van der Waals surface area contributed by atoms with Crippen LogP contribution < -0.4 is 0 Å². The van der Waals surface area contributed by atoms with Crippen LogP contribution in [0, 0.1) is 0 Å². The molecule has 0 amide bonds. The average molecular weight is 691 g/mol. The Kier molecular flexibility index (Phi) is 6.79. The van der Waals surface area contributed by atoms with Crippen molar-refractivity contribution in [3.63, 3.8) is 0 Å². The van der Waals surface area contributed by atoms with E-state index in [4.69, 9.17) is 19.4 Å². The molecule has 5 nitrogen and oxygen atoms in total. The van der Waals surface area contributed by atoms with Crippen LogP contribution in [0.4, 0.5) is 0 Å². The highest BCUT2D eigenvalue weighted by molar-refractivity contribution is 6.16. The number of fused-ring (bicyclic) bond motifs is 7. The minimum absolute atomic E-state index is 0.637. The van der Waals surface area contributed by atoms with Crippen molar-refractivity contribution < 1.29 is 4.42 Å². The van der Waals surface area contributed by atoms with Crippen LogP contribution in [-0.2, 0) is 0 Å². The number of para-hydroxylation sites is 2. The van der Waals surface area contributed by atoms with E-state index in [0.717, 1.165) is 77.2 Å². The van der Waals surface area contributed by atoms with Crippen molar-refractivity contribution in [2.45, 2.75) is 0 Å². The fraction of sp³-hybridized carbons (Fsp3) is 0. The molecule has 0 saturated carbocycles. The van der Waals surface area contributed by atoms with E-state index in [2.05, 4.69) is 114 Å². The molecule has 0 atom stereocenters. The molecule has 3 heterocycles. The summed E-state index contributed by atoms with van der Waals surface area (Å²) in [6, 6.07) is 63.3. The van der Waals surface area contributed by atoms with Crippen LogP contribution in [0.15, 0.2) is 186 Å². The van der Waals surface area contributed by atoms with Gasteiger partial charge in [-0.3, -0.25) is 0 Å². The summed E-state index contributed by atoms with van der Waals surface area (Å²) in [7, 11) is 0. The molecule has 8 aromatic carbocycles. The normalized spacial score (nSPS) is 11.7. The van der Waals surface area contributed by atoms with Crippen molar-refractivity contribution in [1.29, 1.82) is 0 Å². The highest BCUT2D eigenvalue weighted by Crippen LogP contribution is 2.41. The number of aromatic nitrogens is 4. The van der Waals surface area contributed by atoms with Crippen LogP contribution in [-0.4, -0.2) is 19.5 Å². The van der Waals surface area contributed by atoms with Crippen molar-refractivity contribution in [3.05, 3.63) is 182 Å². The molecule has 0 saturated heterocycles. The molecule has 0 N–H and O–H groups in total. The molecule has 252 valence electrons. The Hall–Kier alpha value is -7.37. The van der Waals surface area contributed by atoms with Gasteiger partial charge in [0.2, 0.25) is 0 Å². The summed E-state index contributed by atoms with van der Waals surface area (Å²) in [4.78, 5) is 15.1. The molecule has 0 bridgehead atoms. The third-order valence-corrected chi connectivity index (χ3v) is 10.5. The third-order valence-electron chi connectivity index (χ3n) is 10.5. The van der Waals surface area contributed by atoms with E-state index in [9.17, 15) is 0 Å². The second-order valence-electron chi connectivity index (χ2n) is 13.6. The van der Waals surface area contributed by atoms with Gasteiger partial charge in [-0.2, -0.15) is 0 Å². The first-order valence-electron chi connectivity index (χ1n) is 18.1. The zero-order valence-corrected chi connectivity index (χ0v) is 29.0. The predicted molar refractivity (Wildman–Crippen MR) is 221 cm³/mol. The van der Waals surface area contributed by atoms with Gasteiger partial charge in [0.05, 0.1) is 16.7 Å². The minimum atomic E-state index is 0.637. The summed E-state index contributed by atoms with van der Waals surface area (Å²) in [5.74, 6) is 1.92. The van der Waals surface area contributed by atoms with E-state index in [1.54, 1.807) is 0 Å². The Balaban J connectivity index is 1.12. The minimum Gasteiger partial charge on any atom is -0.456 e. The van der Waals surface area contributed by atoms with E-state index in [1.165, 1.54) is 10.8 Å². The Labute approximate surface area is 310 Å². The Morgan fingerprint density at radius 2 is 0.944 bits per heavy atom. The van der Waals surface area contributed by atoms with Crippen LogP contribution in [0.25, 0.3) is 105 Å². The Bertz CT molecular complexity index is 3160. The van der Waals surface area contributed by atoms with Crippen LogP contribution in [0.2, 0.25) is 0 Å². The van der Waals surface area contributed by atoms with Crippen molar-refractivity contribution in [2.24, 2.45) is 0 Å². The zero-order chi connectivity index (χ0) is 35.6. The highest BCUT2D eigenvalue weighted by Gasteiger charge is 2.20. The van der Waals surface area contributed by atoms with Gasteiger partial charge in [0.1, 0.15) is 11.2 Å². The number of hydrogen-bond donors (Lipinski definition) is 0. The second-order valence-corrected chi connectivity index (χ2v) is 13.6. The topological polar surface area (TPSA) is 56.7 Å². The van der Waals surface area contributed by atoms with Gasteiger partial charge in [0.15, 0.2) is 17.5 Å². The molecule has 0 unspecified atom stereocenters. The van der Waals surface area contributed by atoms with Crippen LogP contribution in [0.1, 0.15) is 0 Å². The smallest absolute Gasteiger partial charge is 0.164 e. The summed E-state index contributed by atoms with van der Waals surface area (Å²) < 4.78 is 8.65. The van der Waals surface area contributed by atoms with Gasteiger partial charge in [0.25, 0.3) is 0 Å². The molecule has 5 heteroatoms. The summed E-state index contributed by atoms with van der Waals surface area (Å²) in [5.41, 5.74) is 10.3. The van der Waals surface area contributed by atoms with Crippen LogP contribution >= 0.6 is 0 Å². The number of benzene rings is 8. The zero-order valence-electron chi connectivity index (χ0n) is 29.0. The predicted octanol–water partition coefficient (Wildman–Crippen LogP) is 12.7. The number of furan rings is 1. The molecule has 0 aliphatic rings. The van der Waals surface area contributed by atoms with Crippen LogP contribution in [0.5, 0.6) is 0 Å². The SMILES string of the molecule is c1ccc(-c2nc(-c3ccccc3)nc(-c3ccc(-n4c5ccccc5c5cc(-c6cccc7oc8ccccc8c67)ccc54)c4ccccc34)n2)cc1. The van der Waals surface area contributed by atoms with E-state index >= 15 is 0 Å². The maximum absolute atomic E-state index is 6.26. The van der Waals surface area contributed by atoms with E-state index < -0.39 is 0 Å². The summed E-state index contributed by atoms with van der Waals surface area (Å²) >= 11 is 0. The first-order valence-corrected chi connectivity index (χ1v) is 18.1. The van der Waals surface area contributed by atoms with Crippen molar-refractivity contribution in [3.8, 4) is 51.0 Å². The number of nitrogens with zero attached hydrogens (tertiary/aromatic N) is 4. The molecule has 0 aliphatic carbocycles. The first kappa shape index (κ1) is 30.3. The summed E-state index contributed by atoms with van der Waals surface area (Å²) in [6.45, 7) is 0. The second kappa shape index (κ2) is 12.1. The Morgan fingerprint density at radius 3 is 1.70 bits per heavy atom. The molecular formula is C49H30N4O. The van der Waals surface area contributed by atoms with Crippen LogP contribution in [0.3, 0.4) is 0 Å². The molecular weight excluding hydrogens is 661 g/mol. The summed E-state index contributed by atoms with van der Waals surface area (Å²) in [6.07, 6.45) is 0. The quantitative estimate of drug-likeness (QED) is 0.180. The van der Waals surface area contributed by atoms with Gasteiger partial charge in [0, 0.05) is 43.6 Å².